The molecule has 0 rings (SSSR count). The van der Waals surface area contributed by atoms with Gasteiger partial charge in [0.15, 0.2) is 0 Å². The van der Waals surface area contributed by atoms with Gasteiger partial charge in [-0.25, -0.2) is 0 Å². The van der Waals surface area contributed by atoms with Crippen LogP contribution in [0.4, 0.5) is 0 Å². The summed E-state index contributed by atoms with van der Waals surface area (Å²) in [4.78, 5) is 6.57. The third kappa shape index (κ3) is 4.42. The second-order valence-electron chi connectivity index (χ2n) is 3.25. The third-order valence-electron chi connectivity index (χ3n) is 2.17. The normalized spacial score (nSPS) is 11.6. The van der Waals surface area contributed by atoms with Crippen molar-refractivity contribution in [3.05, 3.63) is 12.3 Å². The van der Waals surface area contributed by atoms with Crippen LogP contribution in [0.1, 0.15) is 20.3 Å². The van der Waals surface area contributed by atoms with Crippen molar-refractivity contribution in [2.24, 2.45) is 4.99 Å². The van der Waals surface area contributed by atoms with Gasteiger partial charge < -0.3 is 10.2 Å². The zero-order chi connectivity index (χ0) is 11.0. The number of hydrogen-bond acceptors (Lipinski definition) is 3. The molecule has 0 saturated heterocycles. The van der Waals surface area contributed by atoms with E-state index in [1.54, 1.807) is 0 Å². The van der Waals surface area contributed by atoms with Crippen LogP contribution in [0.5, 0.6) is 0 Å². The summed E-state index contributed by atoms with van der Waals surface area (Å²) in [6.07, 6.45) is 0.955. The Morgan fingerprint density at radius 3 is 2.50 bits per heavy atom. The minimum absolute atomic E-state index is 0.835. The first-order valence-electron chi connectivity index (χ1n) is 5.25. The molecule has 0 heterocycles. The van der Waals surface area contributed by atoms with Crippen LogP contribution in [0.2, 0.25) is 0 Å². The summed E-state index contributed by atoms with van der Waals surface area (Å²) < 4.78 is 0. The molecule has 0 fully saturated rings. The van der Waals surface area contributed by atoms with E-state index in [2.05, 4.69) is 42.7 Å². The summed E-state index contributed by atoms with van der Waals surface area (Å²) in [5, 5.41) is 3.12. The summed E-state index contributed by atoms with van der Waals surface area (Å²) in [6, 6.07) is 0. The molecule has 0 aromatic carbocycles. The van der Waals surface area contributed by atoms with E-state index in [0.717, 1.165) is 37.5 Å². The van der Waals surface area contributed by atoms with Gasteiger partial charge in [0.25, 0.3) is 0 Å². The molecule has 0 unspecified atom stereocenters. The Morgan fingerprint density at radius 1 is 1.43 bits per heavy atom. The molecule has 0 aliphatic carbocycles. The lowest BCUT2D eigenvalue weighted by molar-refractivity contribution is 0.434. The first-order chi connectivity index (χ1) is 6.67. The van der Waals surface area contributed by atoms with Gasteiger partial charge in [0.1, 0.15) is 0 Å². The summed E-state index contributed by atoms with van der Waals surface area (Å²) in [5.74, 6) is 0. The maximum absolute atomic E-state index is 4.43. The summed E-state index contributed by atoms with van der Waals surface area (Å²) in [5.41, 5.74) is 2.16. The second kappa shape index (κ2) is 7.56. The molecular weight excluding hydrogens is 174 g/mol. The fourth-order valence-corrected chi connectivity index (χ4v) is 1.23. The van der Waals surface area contributed by atoms with E-state index in [1.165, 1.54) is 0 Å². The van der Waals surface area contributed by atoms with Crippen molar-refractivity contribution in [2.45, 2.75) is 20.3 Å². The van der Waals surface area contributed by atoms with Crippen molar-refractivity contribution >= 4 is 5.71 Å². The van der Waals surface area contributed by atoms with Crippen molar-refractivity contribution in [1.29, 1.82) is 0 Å². The van der Waals surface area contributed by atoms with E-state index in [9.17, 15) is 0 Å². The molecule has 0 aliphatic rings. The minimum Gasteiger partial charge on any atom is -0.372 e. The Bertz CT molecular complexity index is 197. The van der Waals surface area contributed by atoms with Crippen molar-refractivity contribution in [3.8, 4) is 0 Å². The monoisotopic (exact) mass is 197 g/mol. The van der Waals surface area contributed by atoms with Gasteiger partial charge in [0.2, 0.25) is 0 Å². The molecule has 0 aromatic heterocycles. The number of nitrogens with zero attached hydrogens (tertiary/aromatic N) is 2. The van der Waals surface area contributed by atoms with Gasteiger partial charge in [-0.1, -0.05) is 13.5 Å². The van der Waals surface area contributed by atoms with Crippen molar-refractivity contribution in [3.63, 3.8) is 0 Å². The number of hydrogen-bond donors (Lipinski definition) is 1. The zero-order valence-electron chi connectivity index (χ0n) is 9.93. The minimum atomic E-state index is 0.835. The lowest BCUT2D eigenvalue weighted by Gasteiger charge is -2.22. The molecule has 82 valence electrons. The van der Waals surface area contributed by atoms with Crippen LogP contribution in [0.3, 0.4) is 0 Å². The molecule has 3 heteroatoms. The molecule has 0 radical (unpaired) electrons. The van der Waals surface area contributed by atoms with E-state index < -0.39 is 0 Å². The summed E-state index contributed by atoms with van der Waals surface area (Å²) in [6.45, 7) is 11.0. The molecule has 0 bridgehead atoms. The molecule has 0 aromatic rings. The van der Waals surface area contributed by atoms with E-state index >= 15 is 0 Å². The van der Waals surface area contributed by atoms with Gasteiger partial charge in [-0.3, -0.25) is 4.99 Å². The number of allylic oxidation sites excluding steroid dienone is 1. The molecule has 3 nitrogen and oxygen atoms in total. The predicted molar refractivity (Wildman–Crippen MR) is 64.0 cm³/mol. The highest BCUT2D eigenvalue weighted by Crippen LogP contribution is 2.04. The summed E-state index contributed by atoms with van der Waals surface area (Å²) in [7, 11) is 4.01. The number of nitrogens with one attached hydrogen (secondary N) is 1. The van der Waals surface area contributed by atoms with Crippen LogP contribution in [-0.4, -0.2) is 44.3 Å². The fourth-order valence-electron chi connectivity index (χ4n) is 1.23. The average Bonchev–Trinajstić information content (AvgIpc) is 2.21. The van der Waals surface area contributed by atoms with Crippen LogP contribution < -0.4 is 5.32 Å². The average molecular weight is 197 g/mol. The summed E-state index contributed by atoms with van der Waals surface area (Å²) >= 11 is 0. The number of aliphatic imine (C=N–C) groups is 1. The van der Waals surface area contributed by atoms with Crippen LogP contribution >= 0.6 is 0 Å². The molecular formula is C11H23N3. The number of rotatable bonds is 7. The second-order valence-corrected chi connectivity index (χ2v) is 3.25. The van der Waals surface area contributed by atoms with Gasteiger partial charge in [-0.05, 0) is 20.4 Å². The van der Waals surface area contributed by atoms with Crippen LogP contribution in [-0.2, 0) is 0 Å². The number of likely N-dealkylation sites (N-methyl/N-ethyl adjacent to an activating group) is 2. The lowest BCUT2D eigenvalue weighted by Crippen LogP contribution is -2.29. The Morgan fingerprint density at radius 2 is 2.07 bits per heavy atom. The molecule has 0 saturated carbocycles. The van der Waals surface area contributed by atoms with E-state index in [4.69, 9.17) is 0 Å². The van der Waals surface area contributed by atoms with Crippen molar-refractivity contribution < 1.29 is 0 Å². The SMILES string of the molecule is C=C(/C(CC)=N\CC)N(C)CCNC. The van der Waals surface area contributed by atoms with Crippen LogP contribution in [0.15, 0.2) is 17.3 Å². The Kier molecular flexibility index (Phi) is 7.11. The van der Waals surface area contributed by atoms with E-state index in [1.807, 2.05) is 7.05 Å². The third-order valence-corrected chi connectivity index (χ3v) is 2.17. The molecule has 0 spiro atoms. The molecule has 0 atom stereocenters. The zero-order valence-corrected chi connectivity index (χ0v) is 9.93. The van der Waals surface area contributed by atoms with Crippen molar-refractivity contribution in [2.75, 3.05) is 33.7 Å². The van der Waals surface area contributed by atoms with E-state index in [0.29, 0.717) is 0 Å². The smallest absolute Gasteiger partial charge is 0.0572 e. The Labute approximate surface area is 87.9 Å². The van der Waals surface area contributed by atoms with Gasteiger partial charge >= 0.3 is 0 Å². The van der Waals surface area contributed by atoms with Gasteiger partial charge in [0.05, 0.1) is 11.4 Å². The Hall–Kier alpha value is -0.830. The highest BCUT2D eigenvalue weighted by molar-refractivity contribution is 5.98. The fraction of sp³-hybridized carbons (Fsp3) is 0.727. The van der Waals surface area contributed by atoms with E-state index in [-0.39, 0.29) is 0 Å². The van der Waals surface area contributed by atoms with Crippen LogP contribution in [0.25, 0.3) is 0 Å². The molecule has 0 amide bonds. The molecule has 0 aliphatic heterocycles. The topological polar surface area (TPSA) is 27.6 Å². The van der Waals surface area contributed by atoms with Gasteiger partial charge in [0, 0.05) is 26.7 Å². The Balaban J connectivity index is 4.20. The first kappa shape index (κ1) is 13.2. The predicted octanol–water partition coefficient (Wildman–Crippen LogP) is 1.52. The molecule has 14 heavy (non-hydrogen) atoms. The maximum Gasteiger partial charge on any atom is 0.0572 e. The quantitative estimate of drug-likeness (QED) is 0.627. The highest BCUT2D eigenvalue weighted by atomic mass is 15.1. The van der Waals surface area contributed by atoms with Gasteiger partial charge in [-0.15, -0.1) is 0 Å². The van der Waals surface area contributed by atoms with Gasteiger partial charge in [-0.2, -0.15) is 0 Å². The lowest BCUT2D eigenvalue weighted by atomic mass is 10.2. The van der Waals surface area contributed by atoms with Crippen LogP contribution in [0, 0.1) is 0 Å². The molecule has 1 N–H and O–H groups in total. The first-order valence-corrected chi connectivity index (χ1v) is 5.25. The largest absolute Gasteiger partial charge is 0.372 e. The highest BCUT2D eigenvalue weighted by Gasteiger charge is 2.06. The van der Waals surface area contributed by atoms with Crippen molar-refractivity contribution in [1.82, 2.24) is 10.2 Å². The maximum atomic E-state index is 4.43. The standard InChI is InChI=1S/C11H23N3/c1-6-11(13-7-2)10(3)14(5)9-8-12-4/h12H,3,6-9H2,1-2,4-5H3/b13-11-.